The fourth-order valence-electron chi connectivity index (χ4n) is 1.68. The van der Waals surface area contributed by atoms with Gasteiger partial charge in [0.15, 0.2) is 0 Å². The van der Waals surface area contributed by atoms with Crippen molar-refractivity contribution in [3.05, 3.63) is 0 Å². The van der Waals surface area contributed by atoms with E-state index in [1.54, 1.807) is 0 Å². The second-order valence-electron chi connectivity index (χ2n) is 5.51. The Morgan fingerprint density at radius 2 is 1.79 bits per heavy atom. The van der Waals surface area contributed by atoms with Gasteiger partial charge in [-0.15, -0.1) is 0 Å². The molecule has 14 heavy (non-hydrogen) atoms. The molecule has 0 spiro atoms. The van der Waals surface area contributed by atoms with Gasteiger partial charge in [-0.1, -0.05) is 41.0 Å². The van der Waals surface area contributed by atoms with Crippen molar-refractivity contribution in [2.24, 2.45) is 5.41 Å². The highest BCUT2D eigenvalue weighted by Crippen LogP contribution is 2.22. The first-order chi connectivity index (χ1) is 6.49. The van der Waals surface area contributed by atoms with Gasteiger partial charge in [-0.2, -0.15) is 0 Å². The molecule has 0 aromatic heterocycles. The van der Waals surface area contributed by atoms with E-state index in [9.17, 15) is 0 Å². The highest BCUT2D eigenvalue weighted by molar-refractivity contribution is 4.68. The Kier molecular flexibility index (Phi) is 7.26. The van der Waals surface area contributed by atoms with Crippen molar-refractivity contribution in [3.8, 4) is 0 Å². The van der Waals surface area contributed by atoms with Gasteiger partial charge in [0.25, 0.3) is 0 Å². The van der Waals surface area contributed by atoms with Crippen molar-refractivity contribution in [3.63, 3.8) is 0 Å². The molecule has 0 fully saturated rings. The molecular weight excluding hydrogens is 170 g/mol. The predicted molar refractivity (Wildman–Crippen MR) is 65.7 cm³/mol. The average molecular weight is 199 g/mol. The van der Waals surface area contributed by atoms with E-state index in [1.165, 1.54) is 38.6 Å². The molecule has 0 aromatic carbocycles. The van der Waals surface area contributed by atoms with Crippen LogP contribution in [0.5, 0.6) is 0 Å². The molecular formula is C13H29N. The first-order valence-electron chi connectivity index (χ1n) is 6.23. The highest BCUT2D eigenvalue weighted by Gasteiger charge is 2.11. The molecule has 1 N–H and O–H groups in total. The molecule has 86 valence electrons. The molecule has 0 amide bonds. The van der Waals surface area contributed by atoms with E-state index < -0.39 is 0 Å². The Balaban J connectivity index is 3.52. The Morgan fingerprint density at radius 1 is 1.14 bits per heavy atom. The lowest BCUT2D eigenvalue weighted by atomic mass is 9.89. The summed E-state index contributed by atoms with van der Waals surface area (Å²) in [5, 5.41) is 3.61. The summed E-state index contributed by atoms with van der Waals surface area (Å²) in [5.74, 6) is 0. The second kappa shape index (κ2) is 7.28. The van der Waals surface area contributed by atoms with E-state index in [1.807, 2.05) is 0 Å². The van der Waals surface area contributed by atoms with Crippen LogP contribution in [0.15, 0.2) is 0 Å². The van der Waals surface area contributed by atoms with Gasteiger partial charge in [0.2, 0.25) is 0 Å². The summed E-state index contributed by atoms with van der Waals surface area (Å²) in [6.07, 6.45) is 6.56. The van der Waals surface area contributed by atoms with Crippen LogP contribution >= 0.6 is 0 Å². The second-order valence-corrected chi connectivity index (χ2v) is 5.51. The van der Waals surface area contributed by atoms with E-state index in [0.717, 1.165) is 6.04 Å². The predicted octanol–water partition coefficient (Wildman–Crippen LogP) is 3.98. The van der Waals surface area contributed by atoms with Crippen LogP contribution < -0.4 is 5.32 Å². The first-order valence-corrected chi connectivity index (χ1v) is 6.23. The molecule has 0 aliphatic rings. The maximum absolute atomic E-state index is 3.61. The van der Waals surface area contributed by atoms with Crippen molar-refractivity contribution in [1.29, 1.82) is 0 Å². The SMILES string of the molecule is CCCNC(CC)CCCC(C)(C)C. The molecule has 0 radical (unpaired) electrons. The van der Waals surface area contributed by atoms with Gasteiger partial charge in [-0.25, -0.2) is 0 Å². The minimum atomic E-state index is 0.503. The summed E-state index contributed by atoms with van der Waals surface area (Å²) >= 11 is 0. The summed E-state index contributed by atoms with van der Waals surface area (Å²) in [6, 6.07) is 0.747. The standard InChI is InChI=1S/C13H29N/c1-6-11-14-12(7-2)9-8-10-13(3,4)5/h12,14H,6-11H2,1-5H3. The summed E-state index contributed by atoms with van der Waals surface area (Å²) in [4.78, 5) is 0. The van der Waals surface area contributed by atoms with E-state index in [4.69, 9.17) is 0 Å². The molecule has 0 aliphatic carbocycles. The first kappa shape index (κ1) is 14.0. The van der Waals surface area contributed by atoms with Gasteiger partial charge in [0.1, 0.15) is 0 Å². The topological polar surface area (TPSA) is 12.0 Å². The summed E-state index contributed by atoms with van der Waals surface area (Å²) < 4.78 is 0. The number of hydrogen-bond donors (Lipinski definition) is 1. The van der Waals surface area contributed by atoms with Gasteiger partial charge in [0, 0.05) is 6.04 Å². The zero-order valence-corrected chi connectivity index (χ0v) is 10.8. The summed E-state index contributed by atoms with van der Waals surface area (Å²) in [5.41, 5.74) is 0.503. The quantitative estimate of drug-likeness (QED) is 0.654. The normalized spacial score (nSPS) is 14.4. The van der Waals surface area contributed by atoms with E-state index in [-0.39, 0.29) is 0 Å². The highest BCUT2D eigenvalue weighted by atomic mass is 14.9. The van der Waals surface area contributed by atoms with Crippen LogP contribution in [0.3, 0.4) is 0 Å². The fraction of sp³-hybridized carbons (Fsp3) is 1.00. The number of hydrogen-bond acceptors (Lipinski definition) is 1. The number of nitrogens with one attached hydrogen (secondary N) is 1. The minimum absolute atomic E-state index is 0.503. The van der Waals surface area contributed by atoms with Gasteiger partial charge < -0.3 is 5.32 Å². The van der Waals surface area contributed by atoms with Crippen molar-refractivity contribution >= 4 is 0 Å². The zero-order chi connectivity index (χ0) is 11.0. The fourth-order valence-corrected chi connectivity index (χ4v) is 1.68. The summed E-state index contributed by atoms with van der Waals surface area (Å²) in [6.45, 7) is 12.7. The van der Waals surface area contributed by atoms with Crippen LogP contribution in [-0.2, 0) is 0 Å². The van der Waals surface area contributed by atoms with Crippen molar-refractivity contribution in [2.75, 3.05) is 6.54 Å². The van der Waals surface area contributed by atoms with Crippen LogP contribution in [0.1, 0.15) is 66.7 Å². The molecule has 0 bridgehead atoms. The maximum atomic E-state index is 3.61. The third-order valence-corrected chi connectivity index (χ3v) is 2.66. The van der Waals surface area contributed by atoms with Gasteiger partial charge in [-0.05, 0) is 37.6 Å². The lowest BCUT2D eigenvalue weighted by molar-refractivity contribution is 0.340. The Bertz CT molecular complexity index is 124. The number of rotatable bonds is 7. The smallest absolute Gasteiger partial charge is 0.00644 e. The zero-order valence-electron chi connectivity index (χ0n) is 10.8. The molecule has 1 heteroatoms. The van der Waals surface area contributed by atoms with Crippen molar-refractivity contribution in [2.45, 2.75) is 72.8 Å². The Hall–Kier alpha value is -0.0400. The molecule has 1 unspecified atom stereocenters. The van der Waals surface area contributed by atoms with Crippen LogP contribution in [0.25, 0.3) is 0 Å². The van der Waals surface area contributed by atoms with Crippen LogP contribution in [0.4, 0.5) is 0 Å². The van der Waals surface area contributed by atoms with E-state index in [2.05, 4.69) is 39.9 Å². The molecule has 1 atom stereocenters. The minimum Gasteiger partial charge on any atom is -0.314 e. The molecule has 1 nitrogen and oxygen atoms in total. The lowest BCUT2D eigenvalue weighted by Gasteiger charge is -2.21. The van der Waals surface area contributed by atoms with Crippen molar-refractivity contribution < 1.29 is 0 Å². The van der Waals surface area contributed by atoms with Crippen LogP contribution in [0.2, 0.25) is 0 Å². The summed E-state index contributed by atoms with van der Waals surface area (Å²) in [7, 11) is 0. The molecule has 0 rings (SSSR count). The van der Waals surface area contributed by atoms with Gasteiger partial charge in [-0.3, -0.25) is 0 Å². The van der Waals surface area contributed by atoms with Crippen LogP contribution in [-0.4, -0.2) is 12.6 Å². The Labute approximate surface area is 90.7 Å². The lowest BCUT2D eigenvalue weighted by Crippen LogP contribution is -2.29. The molecule has 0 saturated heterocycles. The molecule has 0 saturated carbocycles. The van der Waals surface area contributed by atoms with Gasteiger partial charge >= 0.3 is 0 Å². The third kappa shape index (κ3) is 8.55. The molecule has 0 aliphatic heterocycles. The van der Waals surface area contributed by atoms with E-state index >= 15 is 0 Å². The van der Waals surface area contributed by atoms with Crippen molar-refractivity contribution in [1.82, 2.24) is 5.32 Å². The van der Waals surface area contributed by atoms with Gasteiger partial charge in [0.05, 0.1) is 0 Å². The maximum Gasteiger partial charge on any atom is 0.00644 e. The van der Waals surface area contributed by atoms with Crippen LogP contribution in [0, 0.1) is 5.41 Å². The monoisotopic (exact) mass is 199 g/mol. The average Bonchev–Trinajstić information content (AvgIpc) is 2.09. The molecule has 0 heterocycles. The molecule has 0 aromatic rings. The Morgan fingerprint density at radius 3 is 2.21 bits per heavy atom. The van der Waals surface area contributed by atoms with E-state index in [0.29, 0.717) is 5.41 Å². The third-order valence-electron chi connectivity index (χ3n) is 2.66. The largest absolute Gasteiger partial charge is 0.314 e.